The van der Waals surface area contributed by atoms with Crippen LogP contribution >= 0.6 is 39.7 Å². The molecule has 3 nitrogen and oxygen atoms in total. The van der Waals surface area contributed by atoms with Crippen molar-refractivity contribution in [3.8, 4) is 0 Å². The van der Waals surface area contributed by atoms with Crippen LogP contribution in [0.2, 0.25) is 0 Å². The second-order valence-corrected chi connectivity index (χ2v) is 6.29. The number of rotatable bonds is 2. The van der Waals surface area contributed by atoms with Crippen LogP contribution in [0.5, 0.6) is 0 Å². The molecule has 2 atom stereocenters. The van der Waals surface area contributed by atoms with E-state index in [1.807, 2.05) is 16.3 Å². The van der Waals surface area contributed by atoms with Gasteiger partial charge in [-0.05, 0) is 46.1 Å². The monoisotopic (exact) mass is 352 g/mol. The largest absolute Gasteiger partial charge is 0.333 e. The van der Waals surface area contributed by atoms with E-state index in [-0.39, 0.29) is 24.4 Å². The fraction of sp³-hybridized carbons (Fsp3) is 0.583. The van der Waals surface area contributed by atoms with Crippen LogP contribution < -0.4 is 5.73 Å². The minimum absolute atomic E-state index is 0. The third-order valence-corrected chi connectivity index (χ3v) is 5.26. The predicted octanol–water partition coefficient (Wildman–Crippen LogP) is 3.13. The van der Waals surface area contributed by atoms with Gasteiger partial charge in [0, 0.05) is 23.6 Å². The minimum atomic E-state index is 0. The van der Waals surface area contributed by atoms with Gasteiger partial charge in [0.1, 0.15) is 4.88 Å². The molecular weight excluding hydrogens is 336 g/mol. The second kappa shape index (κ2) is 6.89. The Morgan fingerprint density at radius 1 is 1.67 bits per heavy atom. The zero-order valence-corrected chi connectivity index (χ0v) is 13.5. The molecule has 0 bridgehead atoms. The van der Waals surface area contributed by atoms with Gasteiger partial charge in [0.25, 0.3) is 5.91 Å². The lowest BCUT2D eigenvalue weighted by Gasteiger charge is -2.39. The number of nitrogens with zero attached hydrogens (tertiary/aromatic N) is 1. The predicted molar refractivity (Wildman–Crippen MR) is 81.5 cm³/mol. The molecule has 2 heterocycles. The van der Waals surface area contributed by atoms with Crippen LogP contribution in [-0.4, -0.2) is 29.9 Å². The number of nitrogens with two attached hydrogens (primary N) is 1. The smallest absolute Gasteiger partial charge is 0.265 e. The van der Waals surface area contributed by atoms with Crippen LogP contribution in [0, 0.1) is 5.92 Å². The number of amides is 1. The first-order chi connectivity index (χ1) is 8.15. The Labute approximate surface area is 126 Å². The summed E-state index contributed by atoms with van der Waals surface area (Å²) in [5.41, 5.74) is 5.81. The zero-order valence-electron chi connectivity index (χ0n) is 10.3. The molecule has 2 rings (SSSR count). The fourth-order valence-electron chi connectivity index (χ4n) is 2.44. The maximum atomic E-state index is 12.4. The summed E-state index contributed by atoms with van der Waals surface area (Å²) in [4.78, 5) is 15.2. The van der Waals surface area contributed by atoms with Gasteiger partial charge in [0.05, 0.1) is 0 Å². The van der Waals surface area contributed by atoms with Crippen LogP contribution in [0.3, 0.4) is 0 Å². The van der Waals surface area contributed by atoms with Crippen molar-refractivity contribution in [2.24, 2.45) is 11.7 Å². The van der Waals surface area contributed by atoms with Crippen LogP contribution in [-0.2, 0) is 0 Å². The van der Waals surface area contributed by atoms with Gasteiger partial charge >= 0.3 is 0 Å². The van der Waals surface area contributed by atoms with E-state index < -0.39 is 0 Å². The normalized spacial score (nSPS) is 23.6. The number of thiophene rings is 1. The molecule has 2 N–H and O–H groups in total. The molecular formula is C12H18BrClN2OS. The standard InChI is InChI=1S/C12H17BrN2OS.ClH/c1-8-3-2-5-15(10(8)7-14)12(16)11-9(13)4-6-17-11;/h4,6,8,10H,2-3,5,7,14H2,1H3;1H. The molecule has 0 saturated carbocycles. The van der Waals surface area contributed by atoms with E-state index in [4.69, 9.17) is 5.73 Å². The average molecular weight is 354 g/mol. The summed E-state index contributed by atoms with van der Waals surface area (Å²) < 4.78 is 0.890. The van der Waals surface area contributed by atoms with E-state index in [0.29, 0.717) is 12.5 Å². The summed E-state index contributed by atoms with van der Waals surface area (Å²) in [6.45, 7) is 3.56. The van der Waals surface area contributed by atoms with Crippen LogP contribution in [0.25, 0.3) is 0 Å². The molecule has 102 valence electrons. The Kier molecular flexibility index (Phi) is 6.11. The summed E-state index contributed by atoms with van der Waals surface area (Å²) in [6.07, 6.45) is 2.24. The molecule has 18 heavy (non-hydrogen) atoms. The van der Waals surface area contributed by atoms with Gasteiger partial charge in [0.2, 0.25) is 0 Å². The Balaban J connectivity index is 0.00000162. The lowest BCUT2D eigenvalue weighted by molar-refractivity contribution is 0.0536. The van der Waals surface area contributed by atoms with Crippen molar-refractivity contribution in [3.05, 3.63) is 20.8 Å². The van der Waals surface area contributed by atoms with Gasteiger partial charge in [0.15, 0.2) is 0 Å². The van der Waals surface area contributed by atoms with Crippen LogP contribution in [0.4, 0.5) is 0 Å². The molecule has 0 spiro atoms. The van der Waals surface area contributed by atoms with Gasteiger partial charge < -0.3 is 10.6 Å². The van der Waals surface area contributed by atoms with E-state index >= 15 is 0 Å². The summed E-state index contributed by atoms with van der Waals surface area (Å²) >= 11 is 4.91. The molecule has 0 radical (unpaired) electrons. The maximum absolute atomic E-state index is 12.4. The van der Waals surface area contributed by atoms with E-state index in [1.165, 1.54) is 11.3 Å². The Bertz CT molecular complexity index is 413. The summed E-state index contributed by atoms with van der Waals surface area (Å²) in [7, 11) is 0. The first-order valence-corrected chi connectivity index (χ1v) is 7.56. The highest BCUT2D eigenvalue weighted by molar-refractivity contribution is 9.10. The van der Waals surface area contributed by atoms with Gasteiger partial charge in [-0.15, -0.1) is 23.7 Å². The summed E-state index contributed by atoms with van der Waals surface area (Å²) in [6, 6.07) is 2.10. The molecule has 1 fully saturated rings. The first kappa shape index (κ1) is 16.0. The Morgan fingerprint density at radius 3 is 2.94 bits per heavy atom. The zero-order chi connectivity index (χ0) is 12.4. The molecule has 1 aromatic heterocycles. The molecule has 6 heteroatoms. The Morgan fingerprint density at radius 2 is 2.39 bits per heavy atom. The quantitative estimate of drug-likeness (QED) is 0.888. The van der Waals surface area contributed by atoms with Gasteiger partial charge in [-0.2, -0.15) is 0 Å². The van der Waals surface area contributed by atoms with Crippen LogP contribution in [0.15, 0.2) is 15.9 Å². The number of carbonyl (C=O) groups is 1. The molecule has 1 saturated heterocycles. The Hall–Kier alpha value is -0.100. The summed E-state index contributed by atoms with van der Waals surface area (Å²) in [5.74, 6) is 0.616. The highest BCUT2D eigenvalue weighted by Gasteiger charge is 2.32. The van der Waals surface area contributed by atoms with Crippen molar-refractivity contribution in [2.75, 3.05) is 13.1 Å². The van der Waals surface area contributed by atoms with Crippen LogP contribution in [0.1, 0.15) is 29.4 Å². The third kappa shape index (κ3) is 3.07. The highest BCUT2D eigenvalue weighted by atomic mass is 79.9. The van der Waals surface area contributed by atoms with E-state index in [1.54, 1.807) is 0 Å². The number of carbonyl (C=O) groups excluding carboxylic acids is 1. The van der Waals surface area contributed by atoms with E-state index in [0.717, 1.165) is 28.7 Å². The SMILES string of the molecule is CC1CCCN(C(=O)c2sccc2Br)C1CN.Cl. The molecule has 1 amide bonds. The number of halogens is 2. The minimum Gasteiger partial charge on any atom is -0.333 e. The lowest BCUT2D eigenvalue weighted by Crippen LogP contribution is -2.51. The molecule has 1 aromatic rings. The van der Waals surface area contributed by atoms with Crippen molar-refractivity contribution in [1.82, 2.24) is 4.90 Å². The molecule has 0 aliphatic carbocycles. The van der Waals surface area contributed by atoms with Gasteiger partial charge in [-0.1, -0.05) is 6.92 Å². The fourth-order valence-corrected chi connectivity index (χ4v) is 3.93. The lowest BCUT2D eigenvalue weighted by atomic mass is 9.90. The number of piperidine rings is 1. The van der Waals surface area contributed by atoms with E-state index in [9.17, 15) is 4.79 Å². The maximum Gasteiger partial charge on any atom is 0.265 e. The van der Waals surface area contributed by atoms with Gasteiger partial charge in [-0.3, -0.25) is 4.79 Å². The molecule has 1 aliphatic rings. The van der Waals surface area contributed by atoms with Crippen molar-refractivity contribution < 1.29 is 4.79 Å². The van der Waals surface area contributed by atoms with Crippen molar-refractivity contribution in [3.63, 3.8) is 0 Å². The van der Waals surface area contributed by atoms with Crippen molar-refractivity contribution in [1.29, 1.82) is 0 Å². The average Bonchev–Trinajstić information content (AvgIpc) is 2.74. The number of hydrogen-bond acceptors (Lipinski definition) is 3. The van der Waals surface area contributed by atoms with E-state index in [2.05, 4.69) is 22.9 Å². The summed E-state index contributed by atoms with van der Waals surface area (Å²) in [5, 5.41) is 1.93. The second-order valence-electron chi connectivity index (χ2n) is 4.52. The molecule has 1 aliphatic heterocycles. The van der Waals surface area contributed by atoms with Gasteiger partial charge in [-0.25, -0.2) is 0 Å². The van der Waals surface area contributed by atoms with Crippen molar-refractivity contribution in [2.45, 2.75) is 25.8 Å². The first-order valence-electron chi connectivity index (χ1n) is 5.89. The third-order valence-electron chi connectivity index (χ3n) is 3.43. The highest BCUT2D eigenvalue weighted by Crippen LogP contribution is 2.29. The number of hydrogen-bond donors (Lipinski definition) is 1. The number of likely N-dealkylation sites (tertiary alicyclic amines) is 1. The van der Waals surface area contributed by atoms with Crippen molar-refractivity contribution >= 4 is 45.6 Å². The topological polar surface area (TPSA) is 46.3 Å². The molecule has 2 unspecified atom stereocenters. The molecule has 0 aromatic carbocycles.